The van der Waals surface area contributed by atoms with Crippen molar-refractivity contribution in [2.24, 2.45) is 0 Å². The molecular weight excluding hydrogens is 152 g/mol. The van der Waals surface area contributed by atoms with Crippen molar-refractivity contribution < 1.29 is 24.8 Å². The third kappa shape index (κ3) is 1.28. The van der Waals surface area contributed by atoms with Crippen LogP contribution in [0.25, 0.3) is 0 Å². The summed E-state index contributed by atoms with van der Waals surface area (Å²) in [5.74, 6) is -1.22. The van der Waals surface area contributed by atoms with Gasteiger partial charge in [-0.15, -0.1) is 0 Å². The summed E-state index contributed by atoms with van der Waals surface area (Å²) >= 11 is 0. The summed E-state index contributed by atoms with van der Waals surface area (Å²) in [4.78, 5) is 0. The first kappa shape index (κ1) is 7.90. The Morgan fingerprint density at radius 3 is 2.45 bits per heavy atom. The van der Waals surface area contributed by atoms with E-state index < -0.39 is 24.2 Å². The third-order valence-electron chi connectivity index (χ3n) is 1.25. The smallest absolute Gasteiger partial charge is 0.202 e. The van der Waals surface area contributed by atoms with Crippen LogP contribution in [-0.4, -0.2) is 27.0 Å². The van der Waals surface area contributed by atoms with Gasteiger partial charge in [-0.25, -0.2) is 0 Å². The maximum atomic E-state index is 8.92. The van der Waals surface area contributed by atoms with Gasteiger partial charge in [-0.1, -0.05) is 0 Å². The van der Waals surface area contributed by atoms with Crippen LogP contribution in [0.1, 0.15) is 11.9 Å². The molecule has 1 heterocycles. The summed E-state index contributed by atoms with van der Waals surface area (Å²) in [5.41, 5.74) is 0. The minimum absolute atomic E-state index is 0.231. The fourth-order valence-electron chi connectivity index (χ4n) is 0.676. The Hall–Kier alpha value is -1.20. The molecular formula is C6H8O5. The van der Waals surface area contributed by atoms with E-state index in [4.69, 9.17) is 20.4 Å². The van der Waals surface area contributed by atoms with Crippen LogP contribution < -0.4 is 0 Å². The van der Waals surface area contributed by atoms with Crippen LogP contribution in [0.2, 0.25) is 0 Å². The van der Waals surface area contributed by atoms with E-state index in [1.807, 2.05) is 0 Å². The van der Waals surface area contributed by atoms with Gasteiger partial charge in [0.25, 0.3) is 0 Å². The lowest BCUT2D eigenvalue weighted by Gasteiger charge is -2.01. The average Bonchev–Trinajstić information content (AvgIpc) is 2.32. The number of hydrogen-bond donors (Lipinski definition) is 4. The van der Waals surface area contributed by atoms with Gasteiger partial charge in [-0.3, -0.25) is 0 Å². The van der Waals surface area contributed by atoms with E-state index in [1.54, 1.807) is 0 Å². The van der Waals surface area contributed by atoms with Gasteiger partial charge in [0.15, 0.2) is 11.5 Å². The van der Waals surface area contributed by atoms with Gasteiger partial charge in [-0.05, 0) is 0 Å². The van der Waals surface area contributed by atoms with Crippen molar-refractivity contribution in [1.29, 1.82) is 0 Å². The zero-order valence-electron chi connectivity index (χ0n) is 5.56. The van der Waals surface area contributed by atoms with Crippen LogP contribution in [0.15, 0.2) is 10.7 Å². The van der Waals surface area contributed by atoms with E-state index in [1.165, 1.54) is 0 Å². The molecule has 0 aliphatic heterocycles. The standard InChI is InChI=1S/C6H8O5/c7-1-3(8)6-5(10)4(9)2-11-6/h2-3,7-10H,1H2. The van der Waals surface area contributed by atoms with Crippen molar-refractivity contribution >= 4 is 0 Å². The Morgan fingerprint density at radius 1 is 1.45 bits per heavy atom. The molecule has 1 aromatic rings. The quantitative estimate of drug-likeness (QED) is 0.477. The number of furan rings is 1. The van der Waals surface area contributed by atoms with Crippen LogP contribution in [0.5, 0.6) is 11.5 Å². The van der Waals surface area contributed by atoms with E-state index in [2.05, 4.69) is 4.42 Å². The average molecular weight is 160 g/mol. The van der Waals surface area contributed by atoms with Gasteiger partial charge < -0.3 is 24.8 Å². The van der Waals surface area contributed by atoms with Crippen molar-refractivity contribution in [3.05, 3.63) is 12.0 Å². The molecule has 0 aliphatic carbocycles. The number of aliphatic hydroxyl groups excluding tert-OH is 2. The van der Waals surface area contributed by atoms with E-state index in [0.29, 0.717) is 0 Å². The SMILES string of the molecule is OCC(O)c1occ(O)c1O. The fraction of sp³-hybridized carbons (Fsp3) is 0.333. The molecule has 0 spiro atoms. The molecule has 0 aliphatic rings. The molecule has 11 heavy (non-hydrogen) atoms. The van der Waals surface area contributed by atoms with Crippen LogP contribution in [0.3, 0.4) is 0 Å². The third-order valence-corrected chi connectivity index (χ3v) is 1.25. The van der Waals surface area contributed by atoms with Crippen molar-refractivity contribution in [2.45, 2.75) is 6.10 Å². The van der Waals surface area contributed by atoms with Crippen molar-refractivity contribution in [3.63, 3.8) is 0 Å². The van der Waals surface area contributed by atoms with Crippen LogP contribution in [-0.2, 0) is 0 Å². The molecule has 0 fully saturated rings. The molecule has 0 saturated heterocycles. The van der Waals surface area contributed by atoms with Gasteiger partial charge in [0.05, 0.1) is 6.61 Å². The molecule has 1 aromatic heterocycles. The number of aliphatic hydroxyl groups is 2. The Labute approximate surface area is 62.1 Å². The normalized spacial score (nSPS) is 13.3. The summed E-state index contributed by atoms with van der Waals surface area (Å²) < 4.78 is 4.54. The summed E-state index contributed by atoms with van der Waals surface area (Å²) in [6, 6.07) is 0. The summed E-state index contributed by atoms with van der Waals surface area (Å²) in [7, 11) is 0. The zero-order chi connectivity index (χ0) is 8.43. The lowest BCUT2D eigenvalue weighted by Crippen LogP contribution is -2.00. The first-order chi connectivity index (χ1) is 5.16. The highest BCUT2D eigenvalue weighted by Gasteiger charge is 2.18. The molecule has 4 N–H and O–H groups in total. The minimum atomic E-state index is -1.30. The van der Waals surface area contributed by atoms with Gasteiger partial charge in [0.2, 0.25) is 5.75 Å². The number of aromatic hydroxyl groups is 2. The molecule has 5 heteroatoms. The predicted molar refractivity (Wildman–Crippen MR) is 34.1 cm³/mol. The number of hydrogen-bond acceptors (Lipinski definition) is 5. The molecule has 0 radical (unpaired) electrons. The second-order valence-corrected chi connectivity index (χ2v) is 2.03. The highest BCUT2D eigenvalue weighted by molar-refractivity contribution is 5.39. The monoisotopic (exact) mass is 160 g/mol. The van der Waals surface area contributed by atoms with Gasteiger partial charge in [-0.2, -0.15) is 0 Å². The van der Waals surface area contributed by atoms with E-state index in [-0.39, 0.29) is 5.76 Å². The van der Waals surface area contributed by atoms with E-state index >= 15 is 0 Å². The molecule has 0 bridgehead atoms. The molecule has 1 unspecified atom stereocenters. The van der Waals surface area contributed by atoms with Gasteiger partial charge in [0, 0.05) is 0 Å². The number of rotatable bonds is 2. The first-order valence-corrected chi connectivity index (χ1v) is 2.95. The highest BCUT2D eigenvalue weighted by Crippen LogP contribution is 2.34. The summed E-state index contributed by atoms with van der Waals surface area (Å²) in [5, 5.41) is 35.0. The highest BCUT2D eigenvalue weighted by atomic mass is 16.4. The summed E-state index contributed by atoms with van der Waals surface area (Å²) in [6.07, 6.45) is -0.417. The van der Waals surface area contributed by atoms with Crippen LogP contribution in [0.4, 0.5) is 0 Å². The Bertz CT molecular complexity index is 241. The molecule has 0 aromatic carbocycles. The van der Waals surface area contributed by atoms with E-state index in [0.717, 1.165) is 6.26 Å². The largest absolute Gasteiger partial charge is 0.502 e. The minimum Gasteiger partial charge on any atom is -0.502 e. The van der Waals surface area contributed by atoms with Gasteiger partial charge in [0.1, 0.15) is 12.4 Å². The molecule has 0 amide bonds. The maximum absolute atomic E-state index is 8.92. The lowest BCUT2D eigenvalue weighted by molar-refractivity contribution is 0.0749. The second-order valence-electron chi connectivity index (χ2n) is 2.03. The van der Waals surface area contributed by atoms with Crippen molar-refractivity contribution in [3.8, 4) is 11.5 Å². The molecule has 0 saturated carbocycles. The molecule has 1 atom stereocenters. The fourth-order valence-corrected chi connectivity index (χ4v) is 0.676. The van der Waals surface area contributed by atoms with E-state index in [9.17, 15) is 0 Å². The Balaban J connectivity index is 2.94. The molecule has 5 nitrogen and oxygen atoms in total. The van der Waals surface area contributed by atoms with Crippen LogP contribution >= 0.6 is 0 Å². The zero-order valence-corrected chi connectivity index (χ0v) is 5.56. The Kier molecular flexibility index (Phi) is 2.02. The van der Waals surface area contributed by atoms with Crippen molar-refractivity contribution in [1.82, 2.24) is 0 Å². The first-order valence-electron chi connectivity index (χ1n) is 2.95. The summed E-state index contributed by atoms with van der Waals surface area (Å²) in [6.45, 7) is -0.569. The molecule has 1 rings (SSSR count). The maximum Gasteiger partial charge on any atom is 0.202 e. The van der Waals surface area contributed by atoms with Crippen molar-refractivity contribution in [2.75, 3.05) is 6.61 Å². The van der Waals surface area contributed by atoms with Crippen LogP contribution in [0, 0.1) is 0 Å². The molecule has 62 valence electrons. The second kappa shape index (κ2) is 2.81. The Morgan fingerprint density at radius 2 is 2.09 bits per heavy atom. The van der Waals surface area contributed by atoms with Gasteiger partial charge >= 0.3 is 0 Å². The topological polar surface area (TPSA) is 94.1 Å². The predicted octanol–water partition coefficient (Wildman–Crippen LogP) is -0.284. The lowest BCUT2D eigenvalue weighted by atomic mass is 10.3.